The zero-order valence-electron chi connectivity index (χ0n) is 16.9. The molecule has 0 saturated carbocycles. The third-order valence-electron chi connectivity index (χ3n) is 5.16. The third kappa shape index (κ3) is 3.82. The zero-order chi connectivity index (χ0) is 21.1. The summed E-state index contributed by atoms with van der Waals surface area (Å²) in [5.74, 6) is 0.601. The highest BCUT2D eigenvalue weighted by molar-refractivity contribution is 5.88. The van der Waals surface area contributed by atoms with Crippen molar-refractivity contribution in [2.24, 2.45) is 5.73 Å². The average Bonchev–Trinajstić information content (AvgIpc) is 3.23. The number of aromatic nitrogens is 4. The molecule has 0 aliphatic rings. The van der Waals surface area contributed by atoms with Crippen LogP contribution in [0.15, 0.2) is 54.7 Å². The van der Waals surface area contributed by atoms with Crippen LogP contribution in [0.5, 0.6) is 0 Å². The first-order valence-corrected chi connectivity index (χ1v) is 10.1. The minimum atomic E-state index is -0.144. The van der Waals surface area contributed by atoms with Crippen LogP contribution in [0.3, 0.4) is 0 Å². The molecule has 1 atom stereocenters. The monoisotopic (exact) mass is 403 g/mol. The quantitative estimate of drug-likeness (QED) is 0.437. The summed E-state index contributed by atoms with van der Waals surface area (Å²) in [6, 6.07) is 15.1. The van der Waals surface area contributed by atoms with Crippen LogP contribution in [0.25, 0.3) is 28.0 Å². The van der Waals surface area contributed by atoms with Crippen LogP contribution in [0.4, 0.5) is 0 Å². The van der Waals surface area contributed by atoms with Crippen LogP contribution < -0.4 is 5.73 Å². The van der Waals surface area contributed by atoms with E-state index in [0.717, 1.165) is 46.3 Å². The lowest BCUT2D eigenvalue weighted by molar-refractivity contribution is 0.276. The molecule has 0 spiro atoms. The van der Waals surface area contributed by atoms with E-state index in [1.54, 1.807) is 16.9 Å². The van der Waals surface area contributed by atoms with Gasteiger partial charge in [0, 0.05) is 17.0 Å². The van der Waals surface area contributed by atoms with E-state index < -0.39 is 0 Å². The fraction of sp³-hybridized carbons (Fsp3) is 0.261. The highest BCUT2D eigenvalue weighted by Crippen LogP contribution is 2.29. The first-order valence-electron chi connectivity index (χ1n) is 10.1. The number of aliphatic hydroxyl groups is 2. The molecule has 3 heterocycles. The molecule has 7 nitrogen and oxygen atoms in total. The Morgan fingerprint density at radius 2 is 1.87 bits per heavy atom. The number of rotatable bonds is 7. The highest BCUT2D eigenvalue weighted by atomic mass is 16.3. The van der Waals surface area contributed by atoms with Gasteiger partial charge in [0.2, 0.25) is 0 Å². The van der Waals surface area contributed by atoms with Crippen molar-refractivity contribution in [2.45, 2.75) is 39.0 Å². The lowest BCUT2D eigenvalue weighted by Crippen LogP contribution is -2.11. The molecule has 0 saturated heterocycles. The van der Waals surface area contributed by atoms with Crippen LogP contribution in [0, 0.1) is 0 Å². The van der Waals surface area contributed by atoms with Gasteiger partial charge in [-0.1, -0.05) is 25.5 Å². The summed E-state index contributed by atoms with van der Waals surface area (Å²) >= 11 is 0. The van der Waals surface area contributed by atoms with Crippen LogP contribution >= 0.6 is 0 Å². The van der Waals surface area contributed by atoms with Gasteiger partial charge in [-0.2, -0.15) is 5.10 Å². The minimum absolute atomic E-state index is 0.105. The van der Waals surface area contributed by atoms with Gasteiger partial charge in [0.25, 0.3) is 0 Å². The predicted octanol–water partition coefficient (Wildman–Crippen LogP) is 3.27. The van der Waals surface area contributed by atoms with E-state index in [0.29, 0.717) is 11.5 Å². The normalized spacial score (nSPS) is 12.4. The number of pyridine rings is 2. The number of nitrogens with zero attached hydrogens (tertiary/aromatic N) is 4. The van der Waals surface area contributed by atoms with Crippen LogP contribution in [-0.4, -0.2) is 30.0 Å². The Morgan fingerprint density at radius 3 is 2.63 bits per heavy atom. The maximum atomic E-state index is 9.96. The Kier molecular flexibility index (Phi) is 5.85. The van der Waals surface area contributed by atoms with Crippen LogP contribution in [0.2, 0.25) is 0 Å². The molecule has 154 valence electrons. The van der Waals surface area contributed by atoms with Gasteiger partial charge in [0.05, 0.1) is 42.0 Å². The van der Waals surface area contributed by atoms with E-state index in [2.05, 4.69) is 17.0 Å². The van der Waals surface area contributed by atoms with Gasteiger partial charge in [-0.3, -0.25) is 4.98 Å². The van der Waals surface area contributed by atoms with Crippen LogP contribution in [-0.2, 0) is 13.2 Å². The maximum absolute atomic E-state index is 9.96. The number of benzene rings is 1. The molecule has 1 unspecified atom stereocenters. The largest absolute Gasteiger partial charge is 0.392 e. The SMILES string of the molecule is CCCC(N)c1cccc(-c2cc(CO)c3cnn(-c4cccc(CO)n4)c3c2)n1. The second-order valence-electron chi connectivity index (χ2n) is 7.27. The predicted molar refractivity (Wildman–Crippen MR) is 116 cm³/mol. The van der Waals surface area contributed by atoms with E-state index in [9.17, 15) is 10.2 Å². The van der Waals surface area contributed by atoms with Crippen molar-refractivity contribution in [2.75, 3.05) is 0 Å². The van der Waals surface area contributed by atoms with E-state index in [1.165, 1.54) is 0 Å². The molecular formula is C23H25N5O2. The molecule has 4 N–H and O–H groups in total. The van der Waals surface area contributed by atoms with E-state index >= 15 is 0 Å². The summed E-state index contributed by atoms with van der Waals surface area (Å²) in [7, 11) is 0. The first-order chi connectivity index (χ1) is 14.6. The topological polar surface area (TPSA) is 110 Å². The van der Waals surface area contributed by atoms with E-state index in [1.807, 2.05) is 42.5 Å². The number of nitrogens with two attached hydrogens (primary N) is 1. The number of hydrogen-bond acceptors (Lipinski definition) is 6. The lowest BCUT2D eigenvalue weighted by atomic mass is 10.0. The molecule has 4 rings (SSSR count). The Labute approximate surface area is 174 Å². The Morgan fingerprint density at radius 1 is 1.03 bits per heavy atom. The summed E-state index contributed by atoms with van der Waals surface area (Å²) in [4.78, 5) is 9.23. The molecular weight excluding hydrogens is 378 g/mol. The van der Waals surface area contributed by atoms with Gasteiger partial charge in [-0.05, 0) is 48.4 Å². The molecule has 3 aromatic heterocycles. The molecule has 0 bridgehead atoms. The molecule has 30 heavy (non-hydrogen) atoms. The van der Waals surface area contributed by atoms with Crippen molar-refractivity contribution in [1.82, 2.24) is 19.7 Å². The number of hydrogen-bond donors (Lipinski definition) is 3. The van der Waals surface area contributed by atoms with Crippen molar-refractivity contribution in [3.05, 3.63) is 71.7 Å². The third-order valence-corrected chi connectivity index (χ3v) is 5.16. The standard InChI is InChI=1S/C23H25N5O2/c1-2-5-19(24)21-8-4-7-20(27-21)15-10-16(13-29)18-12-25-28(22(18)11-15)23-9-3-6-17(14-30)26-23/h3-4,6-12,19,29-30H,2,5,13-14,24H2,1H3. The van der Waals surface area contributed by atoms with Crippen molar-refractivity contribution in [3.8, 4) is 17.1 Å². The minimum Gasteiger partial charge on any atom is -0.392 e. The molecule has 0 radical (unpaired) electrons. The smallest absolute Gasteiger partial charge is 0.154 e. The summed E-state index contributed by atoms with van der Waals surface area (Å²) in [6.07, 6.45) is 3.59. The summed E-state index contributed by atoms with van der Waals surface area (Å²) in [5, 5.41) is 24.7. The van der Waals surface area contributed by atoms with Crippen molar-refractivity contribution in [3.63, 3.8) is 0 Å². The van der Waals surface area contributed by atoms with Gasteiger partial charge in [-0.15, -0.1) is 0 Å². The fourth-order valence-corrected chi connectivity index (χ4v) is 3.61. The molecule has 0 amide bonds. The molecule has 7 heteroatoms. The summed E-state index contributed by atoms with van der Waals surface area (Å²) < 4.78 is 1.71. The van der Waals surface area contributed by atoms with Gasteiger partial charge >= 0.3 is 0 Å². The second kappa shape index (κ2) is 8.71. The Balaban J connectivity index is 1.85. The van der Waals surface area contributed by atoms with Crippen molar-refractivity contribution in [1.29, 1.82) is 0 Å². The number of aliphatic hydroxyl groups excluding tert-OH is 2. The van der Waals surface area contributed by atoms with Crippen LogP contribution in [0.1, 0.15) is 42.8 Å². The van der Waals surface area contributed by atoms with Gasteiger partial charge in [0.1, 0.15) is 0 Å². The molecule has 0 aliphatic heterocycles. The molecule has 1 aromatic carbocycles. The highest BCUT2D eigenvalue weighted by Gasteiger charge is 2.14. The first kappa shape index (κ1) is 20.2. The maximum Gasteiger partial charge on any atom is 0.154 e. The second-order valence-corrected chi connectivity index (χ2v) is 7.27. The molecule has 4 aromatic rings. The summed E-state index contributed by atoms with van der Waals surface area (Å²) in [5.41, 5.74) is 10.9. The fourth-order valence-electron chi connectivity index (χ4n) is 3.61. The Bertz CT molecular complexity index is 1170. The molecule has 0 fully saturated rings. The van der Waals surface area contributed by atoms with E-state index in [-0.39, 0.29) is 19.3 Å². The summed E-state index contributed by atoms with van der Waals surface area (Å²) in [6.45, 7) is 1.84. The Hall–Kier alpha value is -3.13. The number of fused-ring (bicyclic) bond motifs is 1. The van der Waals surface area contributed by atoms with Gasteiger partial charge < -0.3 is 15.9 Å². The van der Waals surface area contributed by atoms with Crippen molar-refractivity contribution < 1.29 is 10.2 Å². The lowest BCUT2D eigenvalue weighted by Gasteiger charge is -2.12. The van der Waals surface area contributed by atoms with Crippen molar-refractivity contribution >= 4 is 10.9 Å². The van der Waals surface area contributed by atoms with Gasteiger partial charge in [-0.25, -0.2) is 9.67 Å². The molecule has 0 aliphatic carbocycles. The zero-order valence-corrected chi connectivity index (χ0v) is 16.9. The average molecular weight is 403 g/mol. The van der Waals surface area contributed by atoms with Gasteiger partial charge in [0.15, 0.2) is 5.82 Å². The van der Waals surface area contributed by atoms with E-state index in [4.69, 9.17) is 10.7 Å².